The molecule has 0 fully saturated rings. The molecule has 0 bridgehead atoms. The summed E-state index contributed by atoms with van der Waals surface area (Å²) >= 11 is 1.76. The van der Waals surface area contributed by atoms with Crippen LogP contribution in [0.4, 0.5) is 0 Å². The van der Waals surface area contributed by atoms with E-state index >= 15 is 0 Å². The van der Waals surface area contributed by atoms with Gasteiger partial charge < -0.3 is 16.0 Å². The number of rotatable bonds is 4. The molecule has 84 valence electrons. The number of nitrogens with one attached hydrogen (secondary N) is 1. The van der Waals surface area contributed by atoms with E-state index in [0.717, 1.165) is 6.54 Å². The average molecular weight is 226 g/mol. The zero-order valence-corrected chi connectivity index (χ0v) is 10.2. The Labute approximate surface area is 94.8 Å². The van der Waals surface area contributed by atoms with Gasteiger partial charge in [0.1, 0.15) is 0 Å². The van der Waals surface area contributed by atoms with Gasteiger partial charge in [0.2, 0.25) is 0 Å². The third kappa shape index (κ3) is 3.53. The summed E-state index contributed by atoms with van der Waals surface area (Å²) in [7, 11) is 5.80. The van der Waals surface area contributed by atoms with Crippen molar-refractivity contribution >= 4 is 17.3 Å². The number of guanidine groups is 1. The first-order chi connectivity index (χ1) is 7.15. The fourth-order valence-electron chi connectivity index (χ4n) is 1.30. The first-order valence-corrected chi connectivity index (χ1v) is 5.69. The summed E-state index contributed by atoms with van der Waals surface area (Å²) in [5.74, 6) is 0.485. The standard InChI is InChI=1S/C10H18N4S/c1-12-10(11)13-7-8(14(2)3)9-5-4-6-15-9/h4-6,8H,7H2,1-3H3,(H3,11,12,13)/t8-/m1/s1. The molecule has 1 rings (SSSR count). The lowest BCUT2D eigenvalue weighted by atomic mass is 10.2. The van der Waals surface area contributed by atoms with Gasteiger partial charge in [-0.15, -0.1) is 11.3 Å². The molecule has 1 aromatic rings. The van der Waals surface area contributed by atoms with E-state index in [1.165, 1.54) is 4.88 Å². The van der Waals surface area contributed by atoms with E-state index in [1.54, 1.807) is 18.4 Å². The Kier molecular flexibility index (Phi) is 4.58. The molecule has 3 N–H and O–H groups in total. The number of nitrogens with zero attached hydrogens (tertiary/aromatic N) is 2. The molecule has 15 heavy (non-hydrogen) atoms. The van der Waals surface area contributed by atoms with Gasteiger partial charge in [-0.25, -0.2) is 0 Å². The molecular weight excluding hydrogens is 208 g/mol. The molecule has 0 aliphatic heterocycles. The topological polar surface area (TPSA) is 53.6 Å². The second-order valence-electron chi connectivity index (χ2n) is 3.48. The SMILES string of the molecule is CN=C(N)NC[C@H](c1cccs1)N(C)C. The molecular formula is C10H18N4S. The minimum Gasteiger partial charge on any atom is -0.370 e. The van der Waals surface area contributed by atoms with Crippen LogP contribution in [0.15, 0.2) is 22.5 Å². The van der Waals surface area contributed by atoms with Crippen LogP contribution in [-0.2, 0) is 0 Å². The van der Waals surface area contributed by atoms with E-state index in [4.69, 9.17) is 5.73 Å². The monoisotopic (exact) mass is 226 g/mol. The van der Waals surface area contributed by atoms with Crippen molar-refractivity contribution in [3.8, 4) is 0 Å². The lowest BCUT2D eigenvalue weighted by Crippen LogP contribution is -2.38. The van der Waals surface area contributed by atoms with Crippen molar-refractivity contribution in [1.29, 1.82) is 0 Å². The first-order valence-electron chi connectivity index (χ1n) is 4.81. The van der Waals surface area contributed by atoms with Crippen molar-refractivity contribution in [2.75, 3.05) is 27.7 Å². The Bertz CT molecular complexity index is 305. The van der Waals surface area contributed by atoms with E-state index in [9.17, 15) is 0 Å². The third-order valence-electron chi connectivity index (χ3n) is 2.21. The molecule has 0 radical (unpaired) electrons. The first kappa shape index (κ1) is 12.0. The smallest absolute Gasteiger partial charge is 0.188 e. The van der Waals surface area contributed by atoms with Crippen molar-refractivity contribution in [2.24, 2.45) is 10.7 Å². The number of nitrogens with two attached hydrogens (primary N) is 1. The van der Waals surface area contributed by atoms with E-state index in [0.29, 0.717) is 12.0 Å². The minimum absolute atomic E-state index is 0.338. The zero-order valence-electron chi connectivity index (χ0n) is 9.40. The summed E-state index contributed by atoms with van der Waals surface area (Å²) in [6.45, 7) is 0.774. The van der Waals surface area contributed by atoms with Crippen molar-refractivity contribution in [2.45, 2.75) is 6.04 Å². The molecule has 0 unspecified atom stereocenters. The maximum atomic E-state index is 5.60. The van der Waals surface area contributed by atoms with Crippen molar-refractivity contribution in [3.05, 3.63) is 22.4 Å². The molecule has 0 spiro atoms. The fraction of sp³-hybridized carbons (Fsp3) is 0.500. The molecule has 0 aliphatic rings. The van der Waals surface area contributed by atoms with E-state index in [1.807, 2.05) is 0 Å². The van der Waals surface area contributed by atoms with Crippen LogP contribution in [0.5, 0.6) is 0 Å². The Morgan fingerprint density at radius 2 is 2.40 bits per heavy atom. The van der Waals surface area contributed by atoms with Gasteiger partial charge in [-0.1, -0.05) is 6.07 Å². The molecule has 0 saturated heterocycles. The number of likely N-dealkylation sites (N-methyl/N-ethyl adjacent to an activating group) is 1. The average Bonchev–Trinajstić information content (AvgIpc) is 2.70. The fourth-order valence-corrected chi connectivity index (χ4v) is 2.22. The lowest BCUT2D eigenvalue weighted by molar-refractivity contribution is 0.303. The zero-order chi connectivity index (χ0) is 11.3. The predicted octanol–water partition coefficient (Wildman–Crippen LogP) is 0.885. The minimum atomic E-state index is 0.338. The van der Waals surface area contributed by atoms with Crippen molar-refractivity contribution in [3.63, 3.8) is 0 Å². The quantitative estimate of drug-likeness (QED) is 0.592. The Morgan fingerprint density at radius 1 is 1.67 bits per heavy atom. The van der Waals surface area contributed by atoms with Gasteiger partial charge in [0.15, 0.2) is 5.96 Å². The summed E-state index contributed by atoms with van der Waals surface area (Å²) in [5.41, 5.74) is 5.60. The van der Waals surface area contributed by atoms with Crippen LogP contribution < -0.4 is 11.1 Å². The van der Waals surface area contributed by atoms with Gasteiger partial charge in [0, 0.05) is 18.5 Å². The normalized spacial score (nSPS) is 14.3. The largest absolute Gasteiger partial charge is 0.370 e. The molecule has 0 aliphatic carbocycles. The second-order valence-corrected chi connectivity index (χ2v) is 4.46. The summed E-state index contributed by atoms with van der Waals surface area (Å²) in [6, 6.07) is 4.54. The lowest BCUT2D eigenvalue weighted by Gasteiger charge is -2.23. The highest BCUT2D eigenvalue weighted by molar-refractivity contribution is 7.10. The Balaban J connectivity index is 2.60. The highest BCUT2D eigenvalue weighted by Crippen LogP contribution is 2.22. The molecule has 5 heteroatoms. The molecule has 0 saturated carbocycles. The number of aliphatic imine (C=N–C) groups is 1. The van der Waals surface area contributed by atoms with Crippen LogP contribution in [0.25, 0.3) is 0 Å². The van der Waals surface area contributed by atoms with Gasteiger partial charge in [-0.3, -0.25) is 4.99 Å². The van der Waals surface area contributed by atoms with Gasteiger partial charge >= 0.3 is 0 Å². The van der Waals surface area contributed by atoms with Crippen LogP contribution in [0.2, 0.25) is 0 Å². The number of hydrogen-bond acceptors (Lipinski definition) is 3. The summed E-state index contributed by atoms with van der Waals surface area (Å²) in [4.78, 5) is 7.37. The van der Waals surface area contributed by atoms with E-state index in [-0.39, 0.29) is 0 Å². The number of hydrogen-bond donors (Lipinski definition) is 2. The van der Waals surface area contributed by atoms with E-state index < -0.39 is 0 Å². The summed E-state index contributed by atoms with van der Waals surface area (Å²) in [5, 5.41) is 5.18. The van der Waals surface area contributed by atoms with Crippen LogP contribution in [0.3, 0.4) is 0 Å². The molecule has 1 aromatic heterocycles. The van der Waals surface area contributed by atoms with Gasteiger partial charge in [0.05, 0.1) is 6.04 Å². The van der Waals surface area contributed by atoms with Gasteiger partial charge in [-0.05, 0) is 25.5 Å². The van der Waals surface area contributed by atoms with Crippen LogP contribution >= 0.6 is 11.3 Å². The predicted molar refractivity (Wildman–Crippen MR) is 66.3 cm³/mol. The maximum Gasteiger partial charge on any atom is 0.188 e. The van der Waals surface area contributed by atoms with Crippen LogP contribution in [0, 0.1) is 0 Å². The second kappa shape index (κ2) is 5.72. The van der Waals surface area contributed by atoms with Crippen LogP contribution in [0.1, 0.15) is 10.9 Å². The van der Waals surface area contributed by atoms with Crippen LogP contribution in [-0.4, -0.2) is 38.5 Å². The van der Waals surface area contributed by atoms with Crippen molar-refractivity contribution < 1.29 is 0 Å². The maximum absolute atomic E-state index is 5.60. The summed E-state index contributed by atoms with van der Waals surface area (Å²) < 4.78 is 0. The molecule has 0 amide bonds. The highest BCUT2D eigenvalue weighted by Gasteiger charge is 2.14. The third-order valence-corrected chi connectivity index (χ3v) is 3.19. The molecule has 0 aromatic carbocycles. The Morgan fingerprint density at radius 3 is 2.87 bits per heavy atom. The van der Waals surface area contributed by atoms with E-state index in [2.05, 4.69) is 46.8 Å². The summed E-state index contributed by atoms with van der Waals surface area (Å²) in [6.07, 6.45) is 0. The van der Waals surface area contributed by atoms with Gasteiger partial charge in [-0.2, -0.15) is 0 Å². The molecule has 4 nitrogen and oxygen atoms in total. The molecule has 1 heterocycles. The van der Waals surface area contributed by atoms with Crippen molar-refractivity contribution in [1.82, 2.24) is 10.2 Å². The highest BCUT2D eigenvalue weighted by atomic mass is 32.1. The molecule has 1 atom stereocenters. The van der Waals surface area contributed by atoms with Gasteiger partial charge in [0.25, 0.3) is 0 Å². The Hall–Kier alpha value is -1.07. The number of thiophene rings is 1.